The lowest BCUT2D eigenvalue weighted by molar-refractivity contribution is 0.587. The van der Waals surface area contributed by atoms with Gasteiger partial charge in [-0.3, -0.25) is 0 Å². The first kappa shape index (κ1) is 12.5. The molecule has 3 rings (SSSR count). The van der Waals surface area contributed by atoms with Gasteiger partial charge in [0.15, 0.2) is 11.5 Å². The van der Waals surface area contributed by atoms with Gasteiger partial charge in [-0.25, -0.2) is 8.78 Å². The fourth-order valence-corrected chi connectivity index (χ4v) is 1.85. The molecule has 3 aromatic rings. The summed E-state index contributed by atoms with van der Waals surface area (Å²) in [5, 5.41) is 15.0. The van der Waals surface area contributed by atoms with Gasteiger partial charge in [-0.15, -0.1) is 15.3 Å². The van der Waals surface area contributed by atoms with Gasteiger partial charge in [0.05, 0.1) is 0 Å². The van der Waals surface area contributed by atoms with Crippen LogP contribution in [0.3, 0.4) is 0 Å². The molecule has 0 bridgehead atoms. The first-order chi connectivity index (χ1) is 9.63. The molecule has 0 spiro atoms. The van der Waals surface area contributed by atoms with E-state index in [2.05, 4.69) is 20.6 Å². The number of halogens is 2. The number of benzene rings is 1. The molecule has 0 radical (unpaired) electrons. The number of rotatable bonds is 3. The van der Waals surface area contributed by atoms with E-state index in [4.69, 9.17) is 0 Å². The molecule has 0 saturated carbocycles. The maximum Gasteiger partial charge on any atom is 0.178 e. The number of nitrogens with one attached hydrogen (secondary N) is 1. The topological polar surface area (TPSA) is 55.1 Å². The molecule has 102 valence electrons. The molecule has 1 N–H and O–H groups in total. The Kier molecular flexibility index (Phi) is 3.02. The van der Waals surface area contributed by atoms with E-state index in [0.29, 0.717) is 17.3 Å². The predicted molar refractivity (Wildman–Crippen MR) is 69.2 cm³/mol. The quantitative estimate of drug-likeness (QED) is 0.797. The Morgan fingerprint density at radius 3 is 2.85 bits per heavy atom. The zero-order chi connectivity index (χ0) is 14.1. The van der Waals surface area contributed by atoms with E-state index in [-0.39, 0.29) is 12.1 Å². The maximum absolute atomic E-state index is 13.5. The largest absolute Gasteiger partial charge is 0.364 e. The van der Waals surface area contributed by atoms with Crippen LogP contribution in [0.1, 0.15) is 11.4 Å². The molecule has 0 fully saturated rings. The van der Waals surface area contributed by atoms with Gasteiger partial charge in [0.1, 0.15) is 17.5 Å². The van der Waals surface area contributed by atoms with E-state index in [1.54, 1.807) is 23.6 Å². The third kappa shape index (κ3) is 2.29. The fourth-order valence-electron chi connectivity index (χ4n) is 1.85. The lowest BCUT2D eigenvalue weighted by atomic mass is 10.2. The van der Waals surface area contributed by atoms with E-state index < -0.39 is 11.6 Å². The van der Waals surface area contributed by atoms with Crippen LogP contribution >= 0.6 is 0 Å². The number of nitrogens with zero attached hydrogens (tertiary/aromatic N) is 4. The van der Waals surface area contributed by atoms with E-state index in [0.717, 1.165) is 18.2 Å². The van der Waals surface area contributed by atoms with Crippen LogP contribution in [0.5, 0.6) is 0 Å². The minimum atomic E-state index is -0.471. The smallest absolute Gasteiger partial charge is 0.178 e. The van der Waals surface area contributed by atoms with Crippen LogP contribution in [0.2, 0.25) is 0 Å². The van der Waals surface area contributed by atoms with Crippen LogP contribution in [0.15, 0.2) is 30.3 Å². The number of aryl methyl sites for hydroxylation is 1. The summed E-state index contributed by atoms with van der Waals surface area (Å²) in [7, 11) is 0. The number of hydrogen-bond donors (Lipinski definition) is 1. The SMILES string of the molecule is Cc1nnc2ccc(NCc3cc(F)ccc3F)nn12. The molecule has 0 atom stereocenters. The van der Waals surface area contributed by atoms with Crippen molar-refractivity contribution >= 4 is 11.5 Å². The lowest BCUT2D eigenvalue weighted by Crippen LogP contribution is -2.06. The molecule has 7 heteroatoms. The molecule has 1 aromatic carbocycles. The van der Waals surface area contributed by atoms with Crippen LogP contribution in [0, 0.1) is 18.6 Å². The third-order valence-corrected chi connectivity index (χ3v) is 2.89. The number of hydrogen-bond acceptors (Lipinski definition) is 4. The van der Waals surface area contributed by atoms with E-state index in [1.165, 1.54) is 0 Å². The van der Waals surface area contributed by atoms with Gasteiger partial charge in [-0.1, -0.05) is 0 Å². The zero-order valence-electron chi connectivity index (χ0n) is 10.6. The normalized spacial score (nSPS) is 10.9. The van der Waals surface area contributed by atoms with Gasteiger partial charge < -0.3 is 5.32 Å². The second-order valence-electron chi connectivity index (χ2n) is 4.33. The van der Waals surface area contributed by atoms with Crippen LogP contribution in [-0.2, 0) is 6.54 Å². The highest BCUT2D eigenvalue weighted by Gasteiger charge is 2.06. The Morgan fingerprint density at radius 1 is 1.15 bits per heavy atom. The molecule has 5 nitrogen and oxygen atoms in total. The Bertz CT molecular complexity index is 769. The van der Waals surface area contributed by atoms with Crippen molar-refractivity contribution in [3.8, 4) is 0 Å². The van der Waals surface area contributed by atoms with Gasteiger partial charge in [-0.2, -0.15) is 4.52 Å². The van der Waals surface area contributed by atoms with Crippen LogP contribution in [-0.4, -0.2) is 19.8 Å². The molecule has 0 aliphatic heterocycles. The zero-order valence-corrected chi connectivity index (χ0v) is 10.6. The van der Waals surface area contributed by atoms with Crippen LogP contribution in [0.4, 0.5) is 14.6 Å². The minimum absolute atomic E-state index is 0.142. The summed E-state index contributed by atoms with van der Waals surface area (Å²) in [4.78, 5) is 0. The first-order valence-electron chi connectivity index (χ1n) is 6.00. The van der Waals surface area contributed by atoms with Gasteiger partial charge in [-0.05, 0) is 37.3 Å². The molecule has 2 heterocycles. The van der Waals surface area contributed by atoms with Gasteiger partial charge >= 0.3 is 0 Å². The summed E-state index contributed by atoms with van der Waals surface area (Å²) in [5.41, 5.74) is 0.873. The van der Waals surface area contributed by atoms with E-state index >= 15 is 0 Å². The molecule has 0 saturated heterocycles. The minimum Gasteiger partial charge on any atom is -0.364 e. The number of anilines is 1. The molecule has 0 aliphatic rings. The lowest BCUT2D eigenvalue weighted by Gasteiger charge is -2.07. The second-order valence-corrected chi connectivity index (χ2v) is 4.33. The van der Waals surface area contributed by atoms with Crippen molar-refractivity contribution in [1.82, 2.24) is 19.8 Å². The Balaban J connectivity index is 1.82. The van der Waals surface area contributed by atoms with Crippen LogP contribution < -0.4 is 5.32 Å². The monoisotopic (exact) mass is 275 g/mol. The van der Waals surface area contributed by atoms with Crippen molar-refractivity contribution in [2.45, 2.75) is 13.5 Å². The highest BCUT2D eigenvalue weighted by molar-refractivity contribution is 5.44. The Morgan fingerprint density at radius 2 is 2.00 bits per heavy atom. The molecule has 0 amide bonds. The van der Waals surface area contributed by atoms with Crippen molar-refractivity contribution in [2.75, 3.05) is 5.32 Å². The molecule has 20 heavy (non-hydrogen) atoms. The van der Waals surface area contributed by atoms with Gasteiger partial charge in [0.2, 0.25) is 0 Å². The number of aromatic nitrogens is 4. The molecule has 0 aliphatic carbocycles. The standard InChI is InChI=1S/C13H11F2N5/c1-8-17-18-13-5-4-12(19-20(8)13)16-7-9-6-10(14)2-3-11(9)15/h2-6H,7H2,1H3,(H,16,19). The molecular formula is C13H11F2N5. The first-order valence-corrected chi connectivity index (χ1v) is 6.00. The fraction of sp³-hybridized carbons (Fsp3) is 0.154. The summed E-state index contributed by atoms with van der Waals surface area (Å²) in [6.07, 6.45) is 0. The summed E-state index contributed by atoms with van der Waals surface area (Å²) in [6, 6.07) is 6.80. The average Bonchev–Trinajstić information content (AvgIpc) is 2.81. The predicted octanol–water partition coefficient (Wildman–Crippen LogP) is 2.32. The van der Waals surface area contributed by atoms with Crippen molar-refractivity contribution in [3.05, 3.63) is 53.4 Å². The van der Waals surface area contributed by atoms with Gasteiger partial charge in [0.25, 0.3) is 0 Å². The highest BCUT2D eigenvalue weighted by atomic mass is 19.1. The van der Waals surface area contributed by atoms with E-state index in [1.807, 2.05) is 0 Å². The van der Waals surface area contributed by atoms with Crippen molar-refractivity contribution in [3.63, 3.8) is 0 Å². The van der Waals surface area contributed by atoms with Gasteiger partial charge in [0, 0.05) is 12.1 Å². The molecule has 2 aromatic heterocycles. The Hall–Kier alpha value is -2.57. The maximum atomic E-state index is 13.5. The van der Waals surface area contributed by atoms with Crippen LogP contribution in [0.25, 0.3) is 5.65 Å². The molecule has 0 unspecified atom stereocenters. The summed E-state index contributed by atoms with van der Waals surface area (Å²) < 4.78 is 28.1. The van der Waals surface area contributed by atoms with E-state index in [9.17, 15) is 8.78 Å². The summed E-state index contributed by atoms with van der Waals surface area (Å²) >= 11 is 0. The number of fused-ring (bicyclic) bond motifs is 1. The third-order valence-electron chi connectivity index (χ3n) is 2.89. The summed E-state index contributed by atoms with van der Waals surface area (Å²) in [6.45, 7) is 1.92. The van der Waals surface area contributed by atoms with Crippen molar-refractivity contribution in [1.29, 1.82) is 0 Å². The average molecular weight is 275 g/mol. The van der Waals surface area contributed by atoms with Crippen molar-refractivity contribution < 1.29 is 8.78 Å². The highest BCUT2D eigenvalue weighted by Crippen LogP contribution is 2.12. The summed E-state index contributed by atoms with van der Waals surface area (Å²) in [5.74, 6) is 0.256. The van der Waals surface area contributed by atoms with Crippen molar-refractivity contribution in [2.24, 2.45) is 0 Å². The Labute approximate surface area is 113 Å². The second kappa shape index (κ2) is 4.84. The molecular weight excluding hydrogens is 264 g/mol.